The summed E-state index contributed by atoms with van der Waals surface area (Å²) in [6.07, 6.45) is 8.31. The lowest BCUT2D eigenvalue weighted by Crippen LogP contribution is -2.38. The first-order valence-electron chi connectivity index (χ1n) is 17.9. The van der Waals surface area contributed by atoms with E-state index in [1.54, 1.807) is 86.2 Å². The van der Waals surface area contributed by atoms with Crippen LogP contribution in [0.4, 0.5) is 25.2 Å². The highest BCUT2D eigenvalue weighted by Crippen LogP contribution is 2.30. The van der Waals surface area contributed by atoms with E-state index in [1.165, 1.54) is 58.5 Å². The van der Waals surface area contributed by atoms with Gasteiger partial charge in [-0.1, -0.05) is 0 Å². The molecule has 2 aromatic carbocycles. The zero-order chi connectivity index (χ0) is 41.8. The fourth-order valence-electron chi connectivity index (χ4n) is 5.84. The molecule has 6 aromatic heterocycles. The fraction of sp³-hybridized carbons (Fsp3) is 0.146. The number of carbonyl (C=O) groups excluding carboxylic acids is 1. The number of benzene rings is 2. The largest absolute Gasteiger partial charge is 0.619 e. The van der Waals surface area contributed by atoms with Gasteiger partial charge in [-0.15, -0.1) is 0 Å². The van der Waals surface area contributed by atoms with Crippen LogP contribution in [0.1, 0.15) is 31.9 Å². The predicted molar refractivity (Wildman–Crippen MR) is 223 cm³/mol. The maximum atomic E-state index is 13.5. The number of nitrogens with one attached hydrogen (secondary N) is 1. The third-order valence-electron chi connectivity index (χ3n) is 8.50. The van der Waals surface area contributed by atoms with Gasteiger partial charge in [-0.25, -0.2) is 23.5 Å². The van der Waals surface area contributed by atoms with E-state index in [4.69, 9.17) is 4.74 Å². The quantitative estimate of drug-likeness (QED) is 0.117. The Kier molecular flexibility index (Phi) is 11.8. The monoisotopic (exact) mass is 926 g/mol. The van der Waals surface area contributed by atoms with Crippen LogP contribution >= 0.6 is 31.9 Å². The summed E-state index contributed by atoms with van der Waals surface area (Å²) in [5.74, 6) is 0.423. The van der Waals surface area contributed by atoms with Crippen molar-refractivity contribution in [3.05, 3.63) is 164 Å². The van der Waals surface area contributed by atoms with Gasteiger partial charge >= 0.3 is 6.09 Å². The Morgan fingerprint density at radius 2 is 1.29 bits per heavy atom. The molecule has 0 saturated carbocycles. The fourth-order valence-corrected chi connectivity index (χ4v) is 6.54. The molecule has 0 spiro atoms. The summed E-state index contributed by atoms with van der Waals surface area (Å²) in [6.45, 7) is 5.81. The summed E-state index contributed by atoms with van der Waals surface area (Å²) < 4.78 is 38.3. The number of fused-ring (bicyclic) bond motifs is 2. The highest BCUT2D eigenvalue weighted by Gasteiger charge is 2.28. The Bertz CT molecular complexity index is 2780. The summed E-state index contributed by atoms with van der Waals surface area (Å²) in [4.78, 5) is 23.9. The van der Waals surface area contributed by atoms with Crippen LogP contribution in [-0.4, -0.2) is 40.9 Å². The van der Waals surface area contributed by atoms with Crippen molar-refractivity contribution in [3.63, 3.8) is 0 Å². The number of ether oxygens (including phenoxy) is 1. The molecule has 0 fully saturated rings. The van der Waals surface area contributed by atoms with Crippen LogP contribution in [0.15, 0.2) is 131 Å². The van der Waals surface area contributed by atoms with Crippen molar-refractivity contribution < 1.29 is 27.8 Å². The van der Waals surface area contributed by atoms with Gasteiger partial charge in [-0.05, 0) is 113 Å². The van der Waals surface area contributed by atoms with Crippen LogP contribution in [-0.2, 0) is 17.8 Å². The van der Waals surface area contributed by atoms with Gasteiger partial charge in [-0.3, -0.25) is 4.90 Å². The molecule has 0 aliphatic rings. The van der Waals surface area contributed by atoms with E-state index >= 15 is 0 Å². The van der Waals surface area contributed by atoms with Crippen LogP contribution in [0.5, 0.6) is 0 Å². The standard InChI is InChI=1S/C23H21BrFN5O3.C18H13BrFN5O/c1-23(2,3)33-22(31)29(14-15-5-4-10-28(32)13-15)20-11-19(16-6-8-17(25)9-7-16)27-21-18(24)12-26-30(20)21;19-15-10-22-25-17(21-9-12-2-1-7-24(26)11-12)8-16(23-18(15)25)13-3-5-14(20)6-4-13/h4-13H,14H2,1-3H3;1-8,10-11,21H,9H2. The second kappa shape index (κ2) is 17.1. The number of pyridine rings is 2. The second-order valence-corrected chi connectivity index (χ2v) is 15.8. The van der Waals surface area contributed by atoms with Gasteiger partial charge in [0, 0.05) is 53.1 Å². The number of halogens is 4. The molecule has 0 atom stereocenters. The SMILES string of the molecule is CC(C)(C)OC(=O)N(Cc1ccc[n+]([O-])c1)c1cc(-c2ccc(F)cc2)nc2c(Br)cnn12.[O-][n+]1cccc(CNc2cc(-c3ccc(F)cc3)nc3c(Br)cnn23)c1. The molecule has 59 heavy (non-hydrogen) atoms. The number of carbonyl (C=O) groups is 1. The lowest BCUT2D eigenvalue weighted by molar-refractivity contribution is -0.606. The molecule has 0 unspecified atom stereocenters. The van der Waals surface area contributed by atoms with E-state index in [1.807, 2.05) is 12.1 Å². The molecular weight excluding hydrogens is 894 g/mol. The molecule has 0 aliphatic heterocycles. The summed E-state index contributed by atoms with van der Waals surface area (Å²) in [7, 11) is 0. The molecule has 8 rings (SSSR count). The molecular formula is C41H34Br2F2N10O4. The Morgan fingerprint density at radius 3 is 1.85 bits per heavy atom. The zero-order valence-electron chi connectivity index (χ0n) is 31.6. The molecule has 14 nitrogen and oxygen atoms in total. The number of nitrogens with zero attached hydrogens (tertiary/aromatic N) is 9. The number of rotatable bonds is 8. The molecule has 0 radical (unpaired) electrons. The Morgan fingerprint density at radius 1 is 0.780 bits per heavy atom. The second-order valence-electron chi connectivity index (χ2n) is 14.1. The van der Waals surface area contributed by atoms with Crippen LogP contribution in [0.3, 0.4) is 0 Å². The molecule has 300 valence electrons. The van der Waals surface area contributed by atoms with E-state index in [0.29, 0.717) is 61.2 Å². The van der Waals surface area contributed by atoms with E-state index in [2.05, 4.69) is 57.3 Å². The molecule has 1 N–H and O–H groups in total. The van der Waals surface area contributed by atoms with Crippen LogP contribution in [0.2, 0.25) is 0 Å². The highest BCUT2D eigenvalue weighted by molar-refractivity contribution is 9.11. The summed E-state index contributed by atoms with van der Waals surface area (Å²) in [5, 5.41) is 35.2. The van der Waals surface area contributed by atoms with Crippen molar-refractivity contribution in [1.82, 2.24) is 29.2 Å². The van der Waals surface area contributed by atoms with E-state index in [-0.39, 0.29) is 18.2 Å². The summed E-state index contributed by atoms with van der Waals surface area (Å²) >= 11 is 6.89. The number of anilines is 2. The van der Waals surface area contributed by atoms with Gasteiger partial charge < -0.3 is 20.5 Å². The molecule has 18 heteroatoms. The third-order valence-corrected chi connectivity index (χ3v) is 9.61. The topological polar surface area (TPSA) is 156 Å². The van der Waals surface area contributed by atoms with Gasteiger partial charge in [0.15, 0.2) is 36.1 Å². The van der Waals surface area contributed by atoms with Crippen molar-refractivity contribution in [2.24, 2.45) is 0 Å². The smallest absolute Gasteiger partial charge is 0.416 e. The van der Waals surface area contributed by atoms with Crippen molar-refractivity contribution in [2.45, 2.75) is 39.5 Å². The molecule has 0 aliphatic carbocycles. The maximum Gasteiger partial charge on any atom is 0.416 e. The summed E-state index contributed by atoms with van der Waals surface area (Å²) in [6, 6.07) is 22.5. The molecule has 0 bridgehead atoms. The zero-order valence-corrected chi connectivity index (χ0v) is 34.8. The van der Waals surface area contributed by atoms with Crippen molar-refractivity contribution in [3.8, 4) is 22.5 Å². The number of amides is 1. The van der Waals surface area contributed by atoms with Crippen molar-refractivity contribution in [1.29, 1.82) is 0 Å². The molecule has 8 aromatic rings. The minimum atomic E-state index is -0.749. The minimum Gasteiger partial charge on any atom is -0.619 e. The van der Waals surface area contributed by atoms with Crippen LogP contribution in [0, 0.1) is 22.0 Å². The highest BCUT2D eigenvalue weighted by atomic mass is 79.9. The first kappa shape index (κ1) is 40.7. The Hall–Kier alpha value is -6.53. The lowest BCUT2D eigenvalue weighted by Gasteiger charge is -2.27. The first-order valence-corrected chi connectivity index (χ1v) is 19.5. The maximum absolute atomic E-state index is 13.5. The van der Waals surface area contributed by atoms with Gasteiger partial charge in [-0.2, -0.15) is 28.7 Å². The Balaban J connectivity index is 0.000000184. The number of hydrogen-bond donors (Lipinski definition) is 1. The van der Waals surface area contributed by atoms with Gasteiger partial charge in [0.05, 0.1) is 39.3 Å². The van der Waals surface area contributed by atoms with Crippen molar-refractivity contribution >= 4 is 60.9 Å². The van der Waals surface area contributed by atoms with Crippen molar-refractivity contribution in [2.75, 3.05) is 10.2 Å². The average Bonchev–Trinajstić information content (AvgIpc) is 3.77. The predicted octanol–water partition coefficient (Wildman–Crippen LogP) is 8.42. The van der Waals surface area contributed by atoms with E-state index < -0.39 is 11.7 Å². The van der Waals surface area contributed by atoms with Gasteiger partial charge in [0.1, 0.15) is 28.9 Å². The summed E-state index contributed by atoms with van der Waals surface area (Å²) in [5.41, 5.74) is 4.44. The van der Waals surface area contributed by atoms with E-state index in [9.17, 15) is 24.0 Å². The molecule has 6 heterocycles. The normalized spacial score (nSPS) is 11.3. The van der Waals surface area contributed by atoms with Crippen LogP contribution < -0.4 is 19.7 Å². The number of aromatic nitrogens is 8. The van der Waals surface area contributed by atoms with Gasteiger partial charge in [0.25, 0.3) is 0 Å². The third kappa shape index (κ3) is 9.78. The van der Waals surface area contributed by atoms with Gasteiger partial charge in [0.2, 0.25) is 0 Å². The number of hydrogen-bond acceptors (Lipinski definition) is 9. The van der Waals surface area contributed by atoms with E-state index in [0.717, 1.165) is 20.3 Å². The minimum absolute atomic E-state index is 0.0530. The molecule has 0 saturated heterocycles. The Labute approximate surface area is 352 Å². The van der Waals surface area contributed by atoms with Crippen LogP contribution in [0.25, 0.3) is 33.8 Å². The average molecular weight is 929 g/mol. The first-order chi connectivity index (χ1) is 28.2. The lowest BCUT2D eigenvalue weighted by atomic mass is 10.1. The molecule has 1 amide bonds.